The van der Waals surface area contributed by atoms with Crippen molar-refractivity contribution in [2.24, 2.45) is 0 Å². The highest BCUT2D eigenvalue weighted by molar-refractivity contribution is 7.92. The molecule has 0 saturated heterocycles. The van der Waals surface area contributed by atoms with Gasteiger partial charge in [-0.15, -0.1) is 11.3 Å². The van der Waals surface area contributed by atoms with Crippen molar-refractivity contribution in [2.75, 3.05) is 16.3 Å². The fourth-order valence-electron chi connectivity index (χ4n) is 2.41. The molecule has 0 aliphatic rings. The molecule has 0 fully saturated rings. The number of para-hydroxylation sites is 2. The zero-order valence-corrected chi connectivity index (χ0v) is 16.9. The molecule has 9 heteroatoms. The largest absolute Gasteiger partial charge is 0.319 e. The SMILES string of the molecule is Cc1nc(-c2cccc(Cl)c2)sc1C(=O)Nc1ccccc1NS(C)(=O)=O. The van der Waals surface area contributed by atoms with Gasteiger partial charge in [-0.2, -0.15) is 0 Å². The van der Waals surface area contributed by atoms with Crippen molar-refractivity contribution in [1.82, 2.24) is 4.98 Å². The molecule has 140 valence electrons. The Labute approximate surface area is 166 Å². The summed E-state index contributed by atoms with van der Waals surface area (Å²) in [6, 6.07) is 13.8. The minimum atomic E-state index is -3.47. The smallest absolute Gasteiger partial charge is 0.267 e. The van der Waals surface area contributed by atoms with Gasteiger partial charge in [-0.1, -0.05) is 35.9 Å². The fourth-order valence-corrected chi connectivity index (χ4v) is 4.14. The summed E-state index contributed by atoms with van der Waals surface area (Å²) in [6.45, 7) is 1.75. The number of halogens is 1. The topological polar surface area (TPSA) is 88.2 Å². The summed E-state index contributed by atoms with van der Waals surface area (Å²) in [6.07, 6.45) is 1.05. The summed E-state index contributed by atoms with van der Waals surface area (Å²) in [5.74, 6) is -0.360. The summed E-state index contributed by atoms with van der Waals surface area (Å²) >= 11 is 7.27. The number of aryl methyl sites for hydroxylation is 1. The Hall–Kier alpha value is -2.42. The number of anilines is 2. The second-order valence-electron chi connectivity index (χ2n) is 5.82. The average Bonchev–Trinajstić information content (AvgIpc) is 2.97. The number of hydrogen-bond acceptors (Lipinski definition) is 5. The molecule has 0 unspecified atom stereocenters. The van der Waals surface area contributed by atoms with Gasteiger partial charge in [0, 0.05) is 10.6 Å². The monoisotopic (exact) mass is 421 g/mol. The van der Waals surface area contributed by atoms with E-state index in [2.05, 4.69) is 15.0 Å². The highest BCUT2D eigenvalue weighted by Gasteiger charge is 2.18. The zero-order valence-electron chi connectivity index (χ0n) is 14.5. The molecule has 0 aliphatic carbocycles. The van der Waals surface area contributed by atoms with Gasteiger partial charge in [-0.3, -0.25) is 9.52 Å². The van der Waals surface area contributed by atoms with Crippen molar-refractivity contribution in [3.63, 3.8) is 0 Å². The first-order valence-corrected chi connectivity index (χ1v) is 10.9. The normalized spacial score (nSPS) is 11.2. The second-order valence-corrected chi connectivity index (χ2v) is 9.00. The number of carbonyl (C=O) groups is 1. The van der Waals surface area contributed by atoms with E-state index in [1.807, 2.05) is 12.1 Å². The molecule has 0 atom stereocenters. The first kappa shape index (κ1) is 19.3. The van der Waals surface area contributed by atoms with Crippen LogP contribution < -0.4 is 10.0 Å². The number of hydrogen-bond donors (Lipinski definition) is 2. The quantitative estimate of drug-likeness (QED) is 0.639. The Morgan fingerprint density at radius 3 is 2.48 bits per heavy atom. The standard InChI is InChI=1S/C18H16ClN3O3S2/c1-11-16(26-18(20-11)12-6-5-7-13(19)10-12)17(23)21-14-8-3-4-9-15(14)22-27(2,24)25/h3-10,22H,1-2H3,(H,21,23). The maximum absolute atomic E-state index is 12.7. The summed E-state index contributed by atoms with van der Waals surface area (Å²) in [4.78, 5) is 17.6. The van der Waals surface area contributed by atoms with Crippen LogP contribution >= 0.6 is 22.9 Å². The van der Waals surface area contributed by atoms with Crippen LogP contribution in [0, 0.1) is 6.92 Å². The van der Waals surface area contributed by atoms with Crippen LogP contribution in [0.15, 0.2) is 48.5 Å². The van der Waals surface area contributed by atoms with E-state index < -0.39 is 10.0 Å². The Morgan fingerprint density at radius 2 is 1.81 bits per heavy atom. The van der Waals surface area contributed by atoms with Crippen LogP contribution in [0.2, 0.25) is 5.02 Å². The molecule has 0 saturated carbocycles. The van der Waals surface area contributed by atoms with Crippen molar-refractivity contribution >= 4 is 50.2 Å². The second kappa shape index (κ2) is 7.67. The molecular weight excluding hydrogens is 406 g/mol. The highest BCUT2D eigenvalue weighted by Crippen LogP contribution is 2.31. The van der Waals surface area contributed by atoms with Crippen LogP contribution in [0.25, 0.3) is 10.6 Å². The van der Waals surface area contributed by atoms with Gasteiger partial charge in [0.15, 0.2) is 0 Å². The van der Waals surface area contributed by atoms with Gasteiger partial charge in [0.2, 0.25) is 10.0 Å². The lowest BCUT2D eigenvalue weighted by atomic mass is 10.2. The Balaban J connectivity index is 1.88. The third-order valence-corrected chi connectivity index (χ3v) is 5.58. The van der Waals surface area contributed by atoms with Gasteiger partial charge in [-0.25, -0.2) is 13.4 Å². The molecule has 0 radical (unpaired) electrons. The molecule has 6 nitrogen and oxygen atoms in total. The third-order valence-electron chi connectivity index (χ3n) is 3.55. The number of nitrogens with one attached hydrogen (secondary N) is 2. The maximum atomic E-state index is 12.7. The minimum absolute atomic E-state index is 0.297. The third kappa shape index (κ3) is 4.85. The first-order valence-electron chi connectivity index (χ1n) is 7.84. The maximum Gasteiger partial charge on any atom is 0.267 e. The van der Waals surface area contributed by atoms with Crippen LogP contribution in [-0.2, 0) is 10.0 Å². The molecular formula is C18H16ClN3O3S2. The van der Waals surface area contributed by atoms with Crippen molar-refractivity contribution in [3.05, 3.63) is 64.1 Å². The summed E-state index contributed by atoms with van der Waals surface area (Å²) in [5.41, 5.74) is 2.07. The molecule has 0 spiro atoms. The van der Waals surface area contributed by atoms with Crippen LogP contribution in [0.5, 0.6) is 0 Å². The van der Waals surface area contributed by atoms with Crippen LogP contribution in [0.3, 0.4) is 0 Å². The lowest BCUT2D eigenvalue weighted by Crippen LogP contribution is -2.15. The zero-order chi connectivity index (χ0) is 19.6. The van der Waals surface area contributed by atoms with E-state index in [9.17, 15) is 13.2 Å². The number of sulfonamides is 1. The molecule has 1 heterocycles. The van der Waals surface area contributed by atoms with Crippen molar-refractivity contribution < 1.29 is 13.2 Å². The van der Waals surface area contributed by atoms with Crippen molar-refractivity contribution in [1.29, 1.82) is 0 Å². The van der Waals surface area contributed by atoms with E-state index in [0.717, 1.165) is 11.8 Å². The van der Waals surface area contributed by atoms with Gasteiger partial charge < -0.3 is 5.32 Å². The van der Waals surface area contributed by atoms with Crippen LogP contribution in [-0.4, -0.2) is 25.6 Å². The number of rotatable bonds is 5. The first-order chi connectivity index (χ1) is 12.7. The number of aromatic nitrogens is 1. The predicted octanol–water partition coefficient (Wildman–Crippen LogP) is 4.40. The lowest BCUT2D eigenvalue weighted by Gasteiger charge is -2.11. The molecule has 27 heavy (non-hydrogen) atoms. The number of benzene rings is 2. The number of amides is 1. The van der Waals surface area contributed by atoms with Gasteiger partial charge >= 0.3 is 0 Å². The molecule has 0 bridgehead atoms. The van der Waals surface area contributed by atoms with Gasteiger partial charge in [-0.05, 0) is 31.2 Å². The van der Waals surface area contributed by atoms with E-state index in [4.69, 9.17) is 11.6 Å². The van der Waals surface area contributed by atoms with Crippen LogP contribution in [0.1, 0.15) is 15.4 Å². The van der Waals surface area contributed by atoms with E-state index >= 15 is 0 Å². The van der Waals surface area contributed by atoms with Gasteiger partial charge in [0.1, 0.15) is 9.88 Å². The number of thiazole rings is 1. The van der Waals surface area contributed by atoms with Crippen LogP contribution in [0.4, 0.5) is 11.4 Å². The summed E-state index contributed by atoms with van der Waals surface area (Å²) in [7, 11) is -3.47. The average molecular weight is 422 g/mol. The fraction of sp³-hybridized carbons (Fsp3) is 0.111. The molecule has 2 N–H and O–H groups in total. The molecule has 1 aromatic heterocycles. The molecule has 2 aromatic carbocycles. The predicted molar refractivity (Wildman–Crippen MR) is 110 cm³/mol. The Kier molecular flexibility index (Phi) is 5.50. The molecule has 1 amide bonds. The number of nitrogens with zero attached hydrogens (tertiary/aromatic N) is 1. The van der Waals surface area contributed by atoms with Gasteiger partial charge in [0.05, 0.1) is 23.3 Å². The molecule has 3 rings (SSSR count). The van der Waals surface area contributed by atoms with E-state index in [1.165, 1.54) is 11.3 Å². The number of carbonyl (C=O) groups excluding carboxylic acids is 1. The van der Waals surface area contributed by atoms with Crippen molar-refractivity contribution in [2.45, 2.75) is 6.92 Å². The Bertz CT molecular complexity index is 1110. The highest BCUT2D eigenvalue weighted by atomic mass is 35.5. The summed E-state index contributed by atoms with van der Waals surface area (Å²) < 4.78 is 25.4. The van der Waals surface area contributed by atoms with E-state index in [0.29, 0.717) is 32.0 Å². The molecule has 0 aliphatic heterocycles. The van der Waals surface area contributed by atoms with Gasteiger partial charge in [0.25, 0.3) is 5.91 Å². The Morgan fingerprint density at radius 1 is 1.11 bits per heavy atom. The minimum Gasteiger partial charge on any atom is -0.319 e. The lowest BCUT2D eigenvalue weighted by molar-refractivity contribution is 0.103. The summed E-state index contributed by atoms with van der Waals surface area (Å²) in [5, 5.41) is 4.02. The van der Waals surface area contributed by atoms with Crippen molar-refractivity contribution in [3.8, 4) is 10.6 Å². The molecule has 3 aromatic rings. The van der Waals surface area contributed by atoms with E-state index in [1.54, 1.807) is 43.3 Å². The van der Waals surface area contributed by atoms with E-state index in [-0.39, 0.29) is 5.91 Å².